The number of carbonyl (C=O) groups is 2. The number of carbonyl (C=O) groups excluding carboxylic acids is 2. The zero-order valence-corrected chi connectivity index (χ0v) is 24.8. The van der Waals surface area contributed by atoms with Gasteiger partial charge >= 0.3 is 12.1 Å². The van der Waals surface area contributed by atoms with Crippen molar-refractivity contribution in [2.45, 2.75) is 104 Å². The van der Waals surface area contributed by atoms with E-state index in [0.29, 0.717) is 41.6 Å². The molecule has 0 radical (unpaired) electrons. The Balaban J connectivity index is 1.16. The largest absolute Gasteiger partial charge is 0.509 e. The van der Waals surface area contributed by atoms with Crippen LogP contribution in [0.2, 0.25) is 0 Å². The SMILES string of the molecule is C[C@H](CCC(=O)OCc1ccccc1)C1CCC2C3CCC4C[C@H](OC(=O)OCCl)CCC4(C)C3CCC21C. The molecule has 4 aliphatic carbocycles. The highest BCUT2D eigenvalue weighted by Gasteiger charge is 2.60. The molecule has 216 valence electrons. The summed E-state index contributed by atoms with van der Waals surface area (Å²) in [5.41, 5.74) is 1.76. The van der Waals surface area contributed by atoms with E-state index in [9.17, 15) is 9.59 Å². The molecule has 0 aliphatic heterocycles. The standard InChI is InChI=1S/C33H47ClO5/c1-22(9-14-30(35)37-20-23-7-5-4-6-8-23)27-12-13-28-26-11-10-24-19-25(39-31(36)38-21-34)15-17-32(24,2)29(26)16-18-33(27,28)3/h4-8,22,24-29H,9-21H2,1-3H3/t22-,24?,25-,26?,27?,28?,29?,32?,33?/m1/s1. The van der Waals surface area contributed by atoms with Crippen LogP contribution in [0.5, 0.6) is 0 Å². The Morgan fingerprint density at radius 3 is 2.46 bits per heavy atom. The van der Waals surface area contributed by atoms with Gasteiger partial charge in [-0.05, 0) is 116 Å². The fourth-order valence-electron chi connectivity index (χ4n) is 9.87. The molecule has 4 fully saturated rings. The summed E-state index contributed by atoms with van der Waals surface area (Å²) in [6.07, 6.45) is 11.6. The Labute approximate surface area is 239 Å². The molecule has 4 aliphatic rings. The lowest BCUT2D eigenvalue weighted by molar-refractivity contribution is -0.145. The normalized spacial score (nSPS) is 38.1. The van der Waals surface area contributed by atoms with Gasteiger partial charge in [-0.1, -0.05) is 62.7 Å². The van der Waals surface area contributed by atoms with Gasteiger partial charge in [0.1, 0.15) is 12.7 Å². The fraction of sp³-hybridized carbons (Fsp3) is 0.758. The molecule has 1 aromatic rings. The molecule has 5 rings (SSSR count). The predicted octanol–water partition coefficient (Wildman–Crippen LogP) is 8.52. The first kappa shape index (κ1) is 28.8. The molecule has 39 heavy (non-hydrogen) atoms. The summed E-state index contributed by atoms with van der Waals surface area (Å²) in [7, 11) is 0. The smallest absolute Gasteiger partial charge is 0.461 e. The second-order valence-corrected chi connectivity index (χ2v) is 13.8. The Kier molecular flexibility index (Phi) is 8.86. The van der Waals surface area contributed by atoms with E-state index >= 15 is 0 Å². The van der Waals surface area contributed by atoms with E-state index in [-0.39, 0.29) is 18.1 Å². The molecular weight excluding hydrogens is 512 g/mol. The van der Waals surface area contributed by atoms with Crippen LogP contribution in [0.25, 0.3) is 0 Å². The van der Waals surface area contributed by atoms with Gasteiger partial charge in [-0.15, -0.1) is 0 Å². The molecule has 9 atom stereocenters. The van der Waals surface area contributed by atoms with E-state index in [2.05, 4.69) is 20.8 Å². The van der Waals surface area contributed by atoms with Crippen molar-refractivity contribution < 1.29 is 23.8 Å². The van der Waals surface area contributed by atoms with E-state index in [1.54, 1.807) is 0 Å². The lowest BCUT2D eigenvalue weighted by Crippen LogP contribution is -2.54. The predicted molar refractivity (Wildman–Crippen MR) is 152 cm³/mol. The van der Waals surface area contributed by atoms with Crippen LogP contribution in [0, 0.1) is 46.3 Å². The maximum absolute atomic E-state index is 12.5. The van der Waals surface area contributed by atoms with Crippen molar-refractivity contribution in [3.8, 4) is 0 Å². The summed E-state index contributed by atoms with van der Waals surface area (Å²) in [5.74, 6) is 4.13. The lowest BCUT2D eigenvalue weighted by atomic mass is 9.44. The monoisotopic (exact) mass is 558 g/mol. The topological polar surface area (TPSA) is 61.8 Å². The molecule has 1 aromatic carbocycles. The zero-order valence-electron chi connectivity index (χ0n) is 24.0. The van der Waals surface area contributed by atoms with E-state index < -0.39 is 6.16 Å². The van der Waals surface area contributed by atoms with Gasteiger partial charge in [0.2, 0.25) is 0 Å². The highest BCUT2D eigenvalue weighted by atomic mass is 35.5. The van der Waals surface area contributed by atoms with E-state index in [1.165, 1.54) is 38.5 Å². The molecule has 0 amide bonds. The Morgan fingerprint density at radius 1 is 0.949 bits per heavy atom. The second-order valence-electron chi connectivity index (χ2n) is 13.6. The number of benzene rings is 1. The third kappa shape index (κ3) is 5.85. The van der Waals surface area contributed by atoms with Gasteiger partial charge < -0.3 is 14.2 Å². The zero-order chi connectivity index (χ0) is 27.6. The second kappa shape index (κ2) is 12.0. The van der Waals surface area contributed by atoms with Gasteiger partial charge in [0.15, 0.2) is 6.07 Å². The molecule has 0 heterocycles. The van der Waals surface area contributed by atoms with Crippen LogP contribution in [0.3, 0.4) is 0 Å². The number of halogens is 1. The molecule has 7 unspecified atom stereocenters. The molecule has 0 aromatic heterocycles. The summed E-state index contributed by atoms with van der Waals surface area (Å²) < 4.78 is 16.0. The van der Waals surface area contributed by atoms with Crippen LogP contribution in [0.1, 0.15) is 97.0 Å². The molecule has 4 saturated carbocycles. The molecule has 0 spiro atoms. The Hall–Kier alpha value is -1.75. The number of ether oxygens (including phenoxy) is 3. The number of hydrogen-bond acceptors (Lipinski definition) is 5. The van der Waals surface area contributed by atoms with E-state index in [1.807, 2.05) is 30.3 Å². The van der Waals surface area contributed by atoms with Gasteiger partial charge in [-0.25, -0.2) is 4.79 Å². The summed E-state index contributed by atoms with van der Waals surface area (Å²) >= 11 is 5.53. The van der Waals surface area contributed by atoms with Crippen LogP contribution in [0.15, 0.2) is 30.3 Å². The van der Waals surface area contributed by atoms with Crippen molar-refractivity contribution in [1.82, 2.24) is 0 Å². The summed E-state index contributed by atoms with van der Waals surface area (Å²) in [6.45, 7) is 7.87. The van der Waals surface area contributed by atoms with Gasteiger partial charge in [0, 0.05) is 6.42 Å². The highest BCUT2D eigenvalue weighted by Crippen LogP contribution is 2.68. The number of esters is 1. The van der Waals surface area contributed by atoms with E-state index in [4.69, 9.17) is 25.8 Å². The average molecular weight is 559 g/mol. The Morgan fingerprint density at radius 2 is 1.69 bits per heavy atom. The minimum absolute atomic E-state index is 0.0414. The van der Waals surface area contributed by atoms with Crippen molar-refractivity contribution in [1.29, 1.82) is 0 Å². The van der Waals surface area contributed by atoms with Crippen LogP contribution < -0.4 is 0 Å². The molecule has 0 saturated heterocycles. The number of fused-ring (bicyclic) bond motifs is 5. The van der Waals surface area contributed by atoms with Crippen LogP contribution in [-0.4, -0.2) is 24.3 Å². The fourth-order valence-corrected chi connectivity index (χ4v) is 9.96. The van der Waals surface area contributed by atoms with Gasteiger partial charge in [0.25, 0.3) is 0 Å². The lowest BCUT2D eigenvalue weighted by Gasteiger charge is -2.61. The van der Waals surface area contributed by atoms with Gasteiger partial charge in [-0.3, -0.25) is 4.79 Å². The molecule has 5 nitrogen and oxygen atoms in total. The van der Waals surface area contributed by atoms with Crippen molar-refractivity contribution in [3.63, 3.8) is 0 Å². The number of alkyl halides is 1. The van der Waals surface area contributed by atoms with Crippen molar-refractivity contribution >= 4 is 23.7 Å². The van der Waals surface area contributed by atoms with Crippen molar-refractivity contribution in [2.75, 3.05) is 6.07 Å². The summed E-state index contributed by atoms with van der Waals surface area (Å²) in [4.78, 5) is 24.4. The van der Waals surface area contributed by atoms with E-state index in [0.717, 1.165) is 49.0 Å². The number of rotatable bonds is 8. The van der Waals surface area contributed by atoms with Crippen molar-refractivity contribution in [3.05, 3.63) is 35.9 Å². The van der Waals surface area contributed by atoms with Crippen LogP contribution in [-0.2, 0) is 25.6 Å². The summed E-state index contributed by atoms with van der Waals surface area (Å²) in [6, 6.07) is 9.77. The quantitative estimate of drug-likeness (QED) is 0.236. The molecular formula is C33H47ClO5. The van der Waals surface area contributed by atoms with Crippen LogP contribution in [0.4, 0.5) is 4.79 Å². The first-order valence-electron chi connectivity index (χ1n) is 15.3. The molecule has 6 heteroatoms. The maximum Gasteiger partial charge on any atom is 0.509 e. The Bertz CT molecular complexity index is 999. The molecule has 0 bridgehead atoms. The van der Waals surface area contributed by atoms with Gasteiger partial charge in [-0.2, -0.15) is 0 Å². The highest BCUT2D eigenvalue weighted by molar-refractivity contribution is 6.17. The van der Waals surface area contributed by atoms with Crippen molar-refractivity contribution in [2.24, 2.45) is 46.3 Å². The maximum atomic E-state index is 12.5. The third-order valence-electron chi connectivity index (χ3n) is 11.9. The third-order valence-corrected chi connectivity index (χ3v) is 12.0. The first-order chi connectivity index (χ1) is 18.7. The minimum Gasteiger partial charge on any atom is -0.461 e. The van der Waals surface area contributed by atoms with Crippen LogP contribution >= 0.6 is 11.6 Å². The average Bonchev–Trinajstić information content (AvgIpc) is 3.29. The minimum atomic E-state index is -0.628. The first-order valence-corrected chi connectivity index (χ1v) is 15.9. The number of hydrogen-bond donors (Lipinski definition) is 0. The molecule has 0 N–H and O–H groups in total. The summed E-state index contributed by atoms with van der Waals surface area (Å²) in [5, 5.41) is 0. The van der Waals surface area contributed by atoms with Gasteiger partial charge in [0.05, 0.1) is 0 Å².